The van der Waals surface area contributed by atoms with Crippen LogP contribution >= 0.6 is 0 Å². The molecule has 0 fully saturated rings. The van der Waals surface area contributed by atoms with Crippen LogP contribution in [0, 0.1) is 5.82 Å². The molecule has 0 aliphatic heterocycles. The predicted molar refractivity (Wildman–Crippen MR) is 103 cm³/mol. The fourth-order valence-electron chi connectivity index (χ4n) is 3.17. The van der Waals surface area contributed by atoms with Gasteiger partial charge in [-0.3, -0.25) is 0 Å². The van der Waals surface area contributed by atoms with Crippen LogP contribution in [-0.2, 0) is 10.9 Å². The molecule has 0 aliphatic rings. The number of hydrogen-bond acceptors (Lipinski definition) is 2. The molecule has 0 saturated heterocycles. The van der Waals surface area contributed by atoms with Crippen molar-refractivity contribution in [3.8, 4) is 0 Å². The number of hydrogen-bond donors (Lipinski definition) is 0. The Morgan fingerprint density at radius 1 is 0.929 bits per heavy atom. The summed E-state index contributed by atoms with van der Waals surface area (Å²) in [6.45, 7) is 4.16. The highest BCUT2D eigenvalue weighted by atomic mass is 19.4. The first-order valence-corrected chi connectivity index (χ1v) is 10.4. The zero-order valence-electron chi connectivity index (χ0n) is 16.9. The molecule has 0 saturated carbocycles. The standard InChI is InChI=1S/C22H32F4O2/c1-3-5-7-8-9-10-11-13-18(12-6-4-2)28-21(27)19-16-17(23)14-15-20(19)22(24,25)26/h14-16,18H,3-13H2,1-2H3. The summed E-state index contributed by atoms with van der Waals surface area (Å²) in [5.74, 6) is -1.99. The number of esters is 1. The van der Waals surface area contributed by atoms with E-state index in [9.17, 15) is 22.4 Å². The summed E-state index contributed by atoms with van der Waals surface area (Å²) in [7, 11) is 0. The van der Waals surface area contributed by atoms with Crippen LogP contribution in [0.3, 0.4) is 0 Å². The van der Waals surface area contributed by atoms with Gasteiger partial charge in [-0.05, 0) is 37.5 Å². The Morgan fingerprint density at radius 2 is 1.50 bits per heavy atom. The van der Waals surface area contributed by atoms with Gasteiger partial charge in [0.2, 0.25) is 0 Å². The van der Waals surface area contributed by atoms with E-state index in [4.69, 9.17) is 4.74 Å². The Balaban J connectivity index is 2.68. The second kappa shape index (κ2) is 12.8. The van der Waals surface area contributed by atoms with Gasteiger partial charge >= 0.3 is 12.1 Å². The molecule has 1 rings (SSSR count). The number of alkyl halides is 3. The van der Waals surface area contributed by atoms with E-state index in [1.54, 1.807) is 0 Å². The summed E-state index contributed by atoms with van der Waals surface area (Å²) in [5.41, 5.74) is -1.92. The molecular weight excluding hydrogens is 372 g/mol. The molecule has 0 bridgehead atoms. The van der Waals surface area contributed by atoms with E-state index in [1.807, 2.05) is 6.92 Å². The van der Waals surface area contributed by atoms with Crippen molar-refractivity contribution in [2.75, 3.05) is 0 Å². The van der Waals surface area contributed by atoms with Crippen LogP contribution in [0.25, 0.3) is 0 Å². The summed E-state index contributed by atoms with van der Waals surface area (Å²) in [6, 6.07) is 1.89. The Kier molecular flexibility index (Phi) is 11.2. The Bertz CT molecular complexity index is 584. The van der Waals surface area contributed by atoms with Gasteiger partial charge in [-0.2, -0.15) is 13.2 Å². The number of ether oxygens (including phenoxy) is 1. The van der Waals surface area contributed by atoms with Gasteiger partial charge in [-0.25, -0.2) is 9.18 Å². The molecule has 0 heterocycles. The van der Waals surface area contributed by atoms with Crippen LogP contribution in [0.15, 0.2) is 18.2 Å². The zero-order chi connectivity index (χ0) is 21.0. The molecule has 2 nitrogen and oxygen atoms in total. The minimum atomic E-state index is -4.74. The maximum atomic E-state index is 13.4. The van der Waals surface area contributed by atoms with Gasteiger partial charge in [0, 0.05) is 0 Å². The van der Waals surface area contributed by atoms with Gasteiger partial charge in [0.25, 0.3) is 0 Å². The molecule has 28 heavy (non-hydrogen) atoms. The molecule has 6 heteroatoms. The SMILES string of the molecule is CCCCCCCCCC(CCCC)OC(=O)c1cc(F)ccc1C(F)(F)F. The number of rotatable bonds is 13. The quantitative estimate of drug-likeness (QED) is 0.191. The number of benzene rings is 1. The summed E-state index contributed by atoms with van der Waals surface area (Å²) in [4.78, 5) is 12.4. The first-order chi connectivity index (χ1) is 13.3. The Labute approximate surface area is 165 Å². The van der Waals surface area contributed by atoms with Crippen molar-refractivity contribution in [2.24, 2.45) is 0 Å². The van der Waals surface area contributed by atoms with E-state index in [0.717, 1.165) is 32.1 Å². The molecule has 1 atom stereocenters. The minimum absolute atomic E-state index is 0.438. The highest BCUT2D eigenvalue weighted by Crippen LogP contribution is 2.33. The summed E-state index contributed by atoms with van der Waals surface area (Å²) in [5, 5.41) is 0. The van der Waals surface area contributed by atoms with E-state index in [1.165, 1.54) is 25.7 Å². The molecule has 0 aromatic heterocycles. The lowest BCUT2D eigenvalue weighted by molar-refractivity contribution is -0.138. The lowest BCUT2D eigenvalue weighted by Crippen LogP contribution is -2.21. The first-order valence-electron chi connectivity index (χ1n) is 10.4. The van der Waals surface area contributed by atoms with Gasteiger partial charge in [0.05, 0.1) is 11.1 Å². The van der Waals surface area contributed by atoms with Crippen molar-refractivity contribution < 1.29 is 27.1 Å². The van der Waals surface area contributed by atoms with E-state index in [2.05, 4.69) is 6.92 Å². The van der Waals surface area contributed by atoms with E-state index >= 15 is 0 Å². The average Bonchev–Trinajstić information content (AvgIpc) is 2.63. The van der Waals surface area contributed by atoms with Crippen LogP contribution in [-0.4, -0.2) is 12.1 Å². The third-order valence-corrected chi connectivity index (χ3v) is 4.79. The van der Waals surface area contributed by atoms with Gasteiger partial charge in [0.15, 0.2) is 0 Å². The number of carbonyl (C=O) groups excluding carboxylic acids is 1. The predicted octanol–water partition coefficient (Wildman–Crippen LogP) is 7.70. The topological polar surface area (TPSA) is 26.3 Å². The summed E-state index contributed by atoms with van der Waals surface area (Å²) >= 11 is 0. The van der Waals surface area contributed by atoms with E-state index in [-0.39, 0.29) is 0 Å². The van der Waals surface area contributed by atoms with Crippen molar-refractivity contribution in [1.82, 2.24) is 0 Å². The van der Waals surface area contributed by atoms with Crippen LogP contribution in [0.5, 0.6) is 0 Å². The molecule has 1 aromatic carbocycles. The number of halogens is 4. The maximum Gasteiger partial charge on any atom is 0.417 e. The van der Waals surface area contributed by atoms with Crippen molar-refractivity contribution in [1.29, 1.82) is 0 Å². The maximum absolute atomic E-state index is 13.4. The van der Waals surface area contributed by atoms with Crippen LogP contribution < -0.4 is 0 Å². The summed E-state index contributed by atoms with van der Waals surface area (Å²) < 4.78 is 58.2. The molecule has 0 amide bonds. The zero-order valence-corrected chi connectivity index (χ0v) is 16.9. The third kappa shape index (κ3) is 9.07. The van der Waals surface area contributed by atoms with Gasteiger partial charge in [-0.15, -0.1) is 0 Å². The van der Waals surface area contributed by atoms with Gasteiger partial charge < -0.3 is 4.74 Å². The molecule has 1 aromatic rings. The molecule has 0 spiro atoms. The van der Waals surface area contributed by atoms with Crippen molar-refractivity contribution in [3.05, 3.63) is 35.1 Å². The molecule has 1 unspecified atom stereocenters. The second-order valence-electron chi connectivity index (χ2n) is 7.27. The van der Waals surface area contributed by atoms with Crippen molar-refractivity contribution in [2.45, 2.75) is 96.8 Å². The van der Waals surface area contributed by atoms with Crippen LogP contribution in [0.1, 0.15) is 100 Å². The van der Waals surface area contributed by atoms with E-state index < -0.39 is 35.2 Å². The number of carbonyl (C=O) groups is 1. The smallest absolute Gasteiger partial charge is 0.417 e. The molecule has 0 N–H and O–H groups in total. The van der Waals surface area contributed by atoms with Crippen LogP contribution in [0.2, 0.25) is 0 Å². The summed E-state index contributed by atoms with van der Waals surface area (Å²) in [6.07, 6.45) is 5.56. The van der Waals surface area contributed by atoms with Gasteiger partial charge in [-0.1, -0.05) is 65.2 Å². The Morgan fingerprint density at radius 3 is 2.11 bits per heavy atom. The Hall–Kier alpha value is -1.59. The van der Waals surface area contributed by atoms with Crippen molar-refractivity contribution in [3.63, 3.8) is 0 Å². The molecule has 0 radical (unpaired) electrons. The van der Waals surface area contributed by atoms with Crippen LogP contribution in [0.4, 0.5) is 17.6 Å². The average molecular weight is 404 g/mol. The largest absolute Gasteiger partial charge is 0.459 e. The number of unbranched alkanes of at least 4 members (excludes halogenated alkanes) is 7. The van der Waals surface area contributed by atoms with E-state index in [0.29, 0.717) is 31.0 Å². The minimum Gasteiger partial charge on any atom is -0.459 e. The first kappa shape index (κ1) is 24.4. The normalized spacial score (nSPS) is 12.8. The highest BCUT2D eigenvalue weighted by Gasteiger charge is 2.36. The third-order valence-electron chi connectivity index (χ3n) is 4.79. The lowest BCUT2D eigenvalue weighted by Gasteiger charge is -2.19. The monoisotopic (exact) mass is 404 g/mol. The van der Waals surface area contributed by atoms with Crippen molar-refractivity contribution >= 4 is 5.97 Å². The molecule has 160 valence electrons. The second-order valence-corrected chi connectivity index (χ2v) is 7.27. The lowest BCUT2D eigenvalue weighted by atomic mass is 10.0. The molecule has 0 aliphatic carbocycles. The fourth-order valence-corrected chi connectivity index (χ4v) is 3.17. The van der Waals surface area contributed by atoms with Gasteiger partial charge in [0.1, 0.15) is 11.9 Å². The molecular formula is C22H32F4O2. The fraction of sp³-hybridized carbons (Fsp3) is 0.682. The highest BCUT2D eigenvalue weighted by molar-refractivity contribution is 5.91.